The highest BCUT2D eigenvalue weighted by atomic mass is 16.8. The summed E-state index contributed by atoms with van der Waals surface area (Å²) in [6.07, 6.45) is 4.47. The van der Waals surface area contributed by atoms with Gasteiger partial charge >= 0.3 is 0 Å². The van der Waals surface area contributed by atoms with Crippen molar-refractivity contribution >= 4 is 0 Å². The van der Waals surface area contributed by atoms with E-state index in [-0.39, 0.29) is 36.1 Å². The van der Waals surface area contributed by atoms with Gasteiger partial charge in [0, 0.05) is 17.3 Å². The van der Waals surface area contributed by atoms with Gasteiger partial charge in [0.2, 0.25) is 0 Å². The van der Waals surface area contributed by atoms with Crippen molar-refractivity contribution in [3.63, 3.8) is 0 Å². The van der Waals surface area contributed by atoms with E-state index in [2.05, 4.69) is 12.2 Å². The van der Waals surface area contributed by atoms with E-state index in [0.29, 0.717) is 5.92 Å². The maximum Gasteiger partial charge on any atom is 0.163 e. The Kier molecular flexibility index (Phi) is 2.02. The van der Waals surface area contributed by atoms with Crippen LogP contribution < -0.4 is 0 Å². The Morgan fingerprint density at radius 1 is 1.28 bits per heavy atom. The van der Waals surface area contributed by atoms with Crippen molar-refractivity contribution in [2.45, 2.75) is 44.4 Å². The summed E-state index contributed by atoms with van der Waals surface area (Å²) in [6, 6.07) is 0. The van der Waals surface area contributed by atoms with Crippen molar-refractivity contribution in [3.8, 4) is 0 Å². The fourth-order valence-corrected chi connectivity index (χ4v) is 4.86. The Morgan fingerprint density at radius 2 is 2.00 bits per heavy atom. The smallest absolute Gasteiger partial charge is 0.163 e. The first-order chi connectivity index (χ1) is 8.47. The van der Waals surface area contributed by atoms with Crippen LogP contribution in [0.1, 0.15) is 20.3 Å². The second-order valence-corrected chi connectivity index (χ2v) is 6.78. The van der Waals surface area contributed by atoms with E-state index in [4.69, 9.17) is 9.47 Å². The van der Waals surface area contributed by atoms with Crippen molar-refractivity contribution in [2.24, 2.45) is 23.2 Å². The number of aliphatic hydroxyl groups is 2. The summed E-state index contributed by atoms with van der Waals surface area (Å²) in [5.74, 6) is 0.134. The van der Waals surface area contributed by atoms with Gasteiger partial charge in [0.15, 0.2) is 5.79 Å². The molecule has 0 aromatic carbocycles. The molecule has 4 rings (SSSR count). The van der Waals surface area contributed by atoms with E-state index in [0.717, 1.165) is 6.42 Å². The second kappa shape index (κ2) is 3.18. The van der Waals surface area contributed by atoms with Gasteiger partial charge in [-0.3, -0.25) is 0 Å². The summed E-state index contributed by atoms with van der Waals surface area (Å²) < 4.78 is 11.9. The predicted octanol–water partition coefficient (Wildman–Crippen LogP) is 0.682. The van der Waals surface area contributed by atoms with Crippen molar-refractivity contribution in [1.29, 1.82) is 0 Å². The highest BCUT2D eigenvalue weighted by Crippen LogP contribution is 2.64. The van der Waals surface area contributed by atoms with Crippen molar-refractivity contribution in [3.05, 3.63) is 12.2 Å². The molecule has 4 nitrogen and oxygen atoms in total. The molecule has 2 saturated carbocycles. The summed E-state index contributed by atoms with van der Waals surface area (Å²) >= 11 is 0. The molecule has 4 heteroatoms. The highest BCUT2D eigenvalue weighted by Gasteiger charge is 2.69. The van der Waals surface area contributed by atoms with Crippen LogP contribution in [-0.2, 0) is 9.47 Å². The van der Waals surface area contributed by atoms with E-state index >= 15 is 0 Å². The first-order valence-electron chi connectivity index (χ1n) is 6.81. The standard InChI is InChI=1S/C14H20O4/c1-13(2)17-11-9-8(10(16)12(11)18-13)7-3-4-14(9,5-7)6-15/h3-4,7-12,15-16H,5-6H2,1-2H3/t7?,8?,9?,10?,11-,12+,14-/m0/s1. The number of allylic oxidation sites excluding steroid dienone is 1. The van der Waals surface area contributed by atoms with Crippen LogP contribution in [0.3, 0.4) is 0 Å². The lowest BCUT2D eigenvalue weighted by Gasteiger charge is -2.35. The zero-order valence-corrected chi connectivity index (χ0v) is 10.7. The number of hydrogen-bond acceptors (Lipinski definition) is 4. The first kappa shape index (κ1) is 11.4. The molecule has 2 bridgehead atoms. The van der Waals surface area contributed by atoms with Gasteiger partial charge in [-0.25, -0.2) is 0 Å². The fraction of sp³-hybridized carbons (Fsp3) is 0.857. The number of aliphatic hydroxyl groups excluding tert-OH is 2. The van der Waals surface area contributed by atoms with Gasteiger partial charge in [0.1, 0.15) is 6.10 Å². The topological polar surface area (TPSA) is 58.9 Å². The minimum Gasteiger partial charge on any atom is -0.395 e. The number of fused-ring (bicyclic) bond motifs is 7. The van der Waals surface area contributed by atoms with E-state index in [1.807, 2.05) is 13.8 Å². The van der Waals surface area contributed by atoms with Gasteiger partial charge in [-0.15, -0.1) is 0 Å². The molecule has 0 amide bonds. The van der Waals surface area contributed by atoms with Crippen molar-refractivity contribution < 1.29 is 19.7 Å². The van der Waals surface area contributed by atoms with Crippen LogP contribution in [0.25, 0.3) is 0 Å². The maximum atomic E-state index is 10.5. The molecular formula is C14H20O4. The predicted molar refractivity (Wildman–Crippen MR) is 63.6 cm³/mol. The molecule has 3 aliphatic carbocycles. The highest BCUT2D eigenvalue weighted by molar-refractivity contribution is 5.28. The molecule has 4 unspecified atom stereocenters. The summed E-state index contributed by atoms with van der Waals surface area (Å²) in [5.41, 5.74) is -0.195. The summed E-state index contributed by atoms with van der Waals surface area (Å²) in [4.78, 5) is 0. The number of rotatable bonds is 1. The molecule has 0 aromatic rings. The lowest BCUT2D eigenvalue weighted by atomic mass is 9.74. The van der Waals surface area contributed by atoms with Crippen LogP contribution in [0, 0.1) is 23.2 Å². The van der Waals surface area contributed by atoms with Gasteiger partial charge in [0.25, 0.3) is 0 Å². The van der Waals surface area contributed by atoms with Crippen LogP contribution in [0.15, 0.2) is 12.2 Å². The molecule has 1 aliphatic heterocycles. The van der Waals surface area contributed by atoms with E-state index in [9.17, 15) is 10.2 Å². The average molecular weight is 252 g/mol. The maximum absolute atomic E-state index is 10.5. The molecule has 0 aromatic heterocycles. The molecule has 0 radical (unpaired) electrons. The largest absolute Gasteiger partial charge is 0.395 e. The third-order valence-corrected chi connectivity index (χ3v) is 5.41. The Morgan fingerprint density at radius 3 is 2.72 bits per heavy atom. The Bertz CT molecular complexity index is 418. The quantitative estimate of drug-likeness (QED) is 0.674. The SMILES string of the molecule is CC1(C)O[C@@H]2C(O)C3C4C=C[C@@](CO)(C4)C3[C@@H]2O1. The number of hydrogen-bond donors (Lipinski definition) is 2. The van der Waals surface area contributed by atoms with Gasteiger partial charge in [-0.05, 0) is 26.2 Å². The minimum atomic E-state index is -0.622. The van der Waals surface area contributed by atoms with Gasteiger partial charge in [-0.2, -0.15) is 0 Å². The van der Waals surface area contributed by atoms with Crippen LogP contribution in [0.2, 0.25) is 0 Å². The molecule has 4 aliphatic rings. The molecule has 7 atom stereocenters. The third kappa shape index (κ3) is 1.15. The molecule has 0 spiro atoms. The van der Waals surface area contributed by atoms with Crippen LogP contribution >= 0.6 is 0 Å². The summed E-state index contributed by atoms with van der Waals surface area (Å²) in [5, 5.41) is 20.3. The zero-order chi connectivity index (χ0) is 12.7. The van der Waals surface area contributed by atoms with Crippen molar-refractivity contribution in [1.82, 2.24) is 0 Å². The summed E-state index contributed by atoms with van der Waals surface area (Å²) in [7, 11) is 0. The normalized spacial score (nSPS) is 59.1. The van der Waals surface area contributed by atoms with E-state index in [1.165, 1.54) is 0 Å². The average Bonchev–Trinajstić information content (AvgIpc) is 2.99. The summed E-state index contributed by atoms with van der Waals surface area (Å²) in [6.45, 7) is 3.92. The van der Waals surface area contributed by atoms with Gasteiger partial charge in [-0.1, -0.05) is 12.2 Å². The molecule has 1 saturated heterocycles. The molecule has 1 heterocycles. The van der Waals surface area contributed by atoms with Crippen LogP contribution in [-0.4, -0.2) is 40.9 Å². The molecule has 18 heavy (non-hydrogen) atoms. The second-order valence-electron chi connectivity index (χ2n) is 6.78. The lowest BCUT2D eigenvalue weighted by Crippen LogP contribution is -2.38. The lowest BCUT2D eigenvalue weighted by molar-refractivity contribution is -0.177. The van der Waals surface area contributed by atoms with Gasteiger partial charge < -0.3 is 19.7 Å². The molecule has 100 valence electrons. The fourth-order valence-electron chi connectivity index (χ4n) is 4.86. The van der Waals surface area contributed by atoms with Crippen LogP contribution in [0.4, 0.5) is 0 Å². The van der Waals surface area contributed by atoms with Crippen molar-refractivity contribution in [2.75, 3.05) is 6.61 Å². The monoisotopic (exact) mass is 252 g/mol. The van der Waals surface area contributed by atoms with E-state index in [1.54, 1.807) is 0 Å². The van der Waals surface area contributed by atoms with Crippen LogP contribution in [0.5, 0.6) is 0 Å². The minimum absolute atomic E-state index is 0.0814. The van der Waals surface area contributed by atoms with Gasteiger partial charge in [0.05, 0.1) is 18.8 Å². The van der Waals surface area contributed by atoms with E-state index < -0.39 is 11.9 Å². The Balaban J connectivity index is 1.75. The first-order valence-corrected chi connectivity index (χ1v) is 6.81. The third-order valence-electron chi connectivity index (χ3n) is 5.41. The zero-order valence-electron chi connectivity index (χ0n) is 10.7. The molecule has 3 fully saturated rings. The Labute approximate surface area is 107 Å². The molecule has 2 N–H and O–H groups in total. The Hall–Kier alpha value is -0.420. The molecular weight excluding hydrogens is 232 g/mol. The number of ether oxygens (including phenoxy) is 2.